The van der Waals surface area contributed by atoms with Gasteiger partial charge in [-0.15, -0.1) is 0 Å². The van der Waals surface area contributed by atoms with Gasteiger partial charge >= 0.3 is 0 Å². The van der Waals surface area contributed by atoms with Crippen LogP contribution >= 0.6 is 0 Å². The molecule has 1 aromatic heterocycles. The number of fused-ring (bicyclic) bond motifs is 1. The third-order valence-corrected chi connectivity index (χ3v) is 4.50. The molecule has 0 radical (unpaired) electrons. The summed E-state index contributed by atoms with van der Waals surface area (Å²) in [6, 6.07) is 0.583. The van der Waals surface area contributed by atoms with Gasteiger partial charge in [0.25, 0.3) is 0 Å². The standard InChI is InChI=1S/C15H24N4/c16-9-8-12-5-3-4-10-19(12)15-13-6-1-2-7-14(13)17-11-18-15/h11-12H,1-10,16H2. The van der Waals surface area contributed by atoms with Crippen LogP contribution in [0.5, 0.6) is 0 Å². The Morgan fingerprint density at radius 3 is 2.95 bits per heavy atom. The molecule has 1 atom stereocenters. The molecule has 4 nitrogen and oxygen atoms in total. The maximum absolute atomic E-state index is 5.78. The average molecular weight is 260 g/mol. The maximum Gasteiger partial charge on any atom is 0.135 e. The summed E-state index contributed by atoms with van der Waals surface area (Å²) >= 11 is 0. The second-order valence-electron chi connectivity index (χ2n) is 5.75. The Morgan fingerprint density at radius 2 is 2.05 bits per heavy atom. The lowest BCUT2D eigenvalue weighted by Crippen LogP contribution is -2.42. The smallest absolute Gasteiger partial charge is 0.135 e. The Morgan fingerprint density at radius 1 is 1.16 bits per heavy atom. The first kappa shape index (κ1) is 12.9. The molecule has 1 saturated heterocycles. The molecule has 1 aliphatic heterocycles. The minimum Gasteiger partial charge on any atom is -0.353 e. The van der Waals surface area contributed by atoms with Crippen molar-refractivity contribution in [2.45, 2.75) is 57.4 Å². The minimum absolute atomic E-state index is 0.583. The highest BCUT2D eigenvalue weighted by molar-refractivity contribution is 5.50. The lowest BCUT2D eigenvalue weighted by molar-refractivity contribution is 0.436. The van der Waals surface area contributed by atoms with Crippen molar-refractivity contribution in [1.29, 1.82) is 0 Å². The highest BCUT2D eigenvalue weighted by atomic mass is 15.2. The van der Waals surface area contributed by atoms with Crippen molar-refractivity contribution in [3.05, 3.63) is 17.6 Å². The number of aryl methyl sites for hydroxylation is 1. The van der Waals surface area contributed by atoms with Crippen LogP contribution in [-0.4, -0.2) is 29.1 Å². The molecule has 1 aliphatic carbocycles. The van der Waals surface area contributed by atoms with E-state index in [0.717, 1.165) is 32.4 Å². The minimum atomic E-state index is 0.583. The molecule has 0 saturated carbocycles. The fourth-order valence-electron chi connectivity index (χ4n) is 3.52. The summed E-state index contributed by atoms with van der Waals surface area (Å²) in [6.07, 6.45) is 11.5. The first-order valence-corrected chi connectivity index (χ1v) is 7.69. The Kier molecular flexibility index (Phi) is 3.97. The van der Waals surface area contributed by atoms with E-state index < -0.39 is 0 Å². The molecule has 2 heterocycles. The second-order valence-corrected chi connectivity index (χ2v) is 5.75. The number of rotatable bonds is 3. The highest BCUT2D eigenvalue weighted by Gasteiger charge is 2.26. The summed E-state index contributed by atoms with van der Waals surface area (Å²) in [5.41, 5.74) is 8.48. The van der Waals surface area contributed by atoms with Crippen molar-refractivity contribution in [3.8, 4) is 0 Å². The maximum atomic E-state index is 5.78. The number of hydrogen-bond acceptors (Lipinski definition) is 4. The van der Waals surface area contributed by atoms with Crippen LogP contribution in [0.15, 0.2) is 6.33 Å². The third-order valence-electron chi connectivity index (χ3n) is 4.50. The predicted octanol–water partition coefficient (Wildman–Crippen LogP) is 2.06. The zero-order chi connectivity index (χ0) is 13.1. The van der Waals surface area contributed by atoms with Gasteiger partial charge in [-0.25, -0.2) is 9.97 Å². The van der Waals surface area contributed by atoms with Crippen molar-refractivity contribution in [1.82, 2.24) is 9.97 Å². The number of nitrogens with two attached hydrogens (primary N) is 1. The lowest BCUT2D eigenvalue weighted by Gasteiger charge is -2.38. The van der Waals surface area contributed by atoms with Gasteiger partial charge in [0, 0.05) is 23.8 Å². The Labute approximate surface area is 115 Å². The number of hydrogen-bond donors (Lipinski definition) is 1. The molecule has 1 unspecified atom stereocenters. The SMILES string of the molecule is NCCC1CCCCN1c1ncnc2c1CCCC2. The van der Waals surface area contributed by atoms with E-state index in [1.54, 1.807) is 6.33 Å². The first-order chi connectivity index (χ1) is 9.40. The van der Waals surface area contributed by atoms with Crippen LogP contribution in [0.2, 0.25) is 0 Å². The quantitative estimate of drug-likeness (QED) is 0.904. The van der Waals surface area contributed by atoms with Crippen molar-refractivity contribution >= 4 is 5.82 Å². The van der Waals surface area contributed by atoms with Crippen molar-refractivity contribution in [2.24, 2.45) is 5.73 Å². The van der Waals surface area contributed by atoms with E-state index in [9.17, 15) is 0 Å². The predicted molar refractivity (Wildman–Crippen MR) is 77.3 cm³/mol. The van der Waals surface area contributed by atoms with Gasteiger partial charge in [-0.05, 0) is 57.9 Å². The molecule has 0 amide bonds. The van der Waals surface area contributed by atoms with E-state index in [4.69, 9.17) is 5.73 Å². The Bertz CT molecular complexity index is 430. The van der Waals surface area contributed by atoms with Crippen LogP contribution < -0.4 is 10.6 Å². The molecule has 19 heavy (non-hydrogen) atoms. The zero-order valence-electron chi connectivity index (χ0n) is 11.6. The van der Waals surface area contributed by atoms with Crippen molar-refractivity contribution in [2.75, 3.05) is 18.0 Å². The van der Waals surface area contributed by atoms with E-state index in [0.29, 0.717) is 6.04 Å². The molecule has 3 rings (SSSR count). The van der Waals surface area contributed by atoms with Gasteiger partial charge in [-0.2, -0.15) is 0 Å². The third kappa shape index (κ3) is 2.59. The van der Waals surface area contributed by atoms with Gasteiger partial charge in [0.15, 0.2) is 0 Å². The van der Waals surface area contributed by atoms with E-state index in [2.05, 4.69) is 14.9 Å². The molecule has 104 valence electrons. The fraction of sp³-hybridized carbons (Fsp3) is 0.733. The van der Waals surface area contributed by atoms with Crippen LogP contribution in [-0.2, 0) is 12.8 Å². The summed E-state index contributed by atoms with van der Waals surface area (Å²) in [4.78, 5) is 11.6. The number of anilines is 1. The first-order valence-electron chi connectivity index (χ1n) is 7.69. The van der Waals surface area contributed by atoms with Gasteiger partial charge in [0.2, 0.25) is 0 Å². The molecule has 2 N–H and O–H groups in total. The molecule has 4 heteroatoms. The van der Waals surface area contributed by atoms with Crippen LogP contribution in [0.4, 0.5) is 5.82 Å². The molecule has 0 bridgehead atoms. The summed E-state index contributed by atoms with van der Waals surface area (Å²) in [7, 11) is 0. The van der Waals surface area contributed by atoms with Gasteiger partial charge in [0.05, 0.1) is 0 Å². The Hall–Kier alpha value is -1.16. The van der Waals surface area contributed by atoms with E-state index in [-0.39, 0.29) is 0 Å². The molecule has 0 spiro atoms. The average Bonchev–Trinajstić information content (AvgIpc) is 2.48. The van der Waals surface area contributed by atoms with E-state index >= 15 is 0 Å². The van der Waals surface area contributed by atoms with Crippen molar-refractivity contribution < 1.29 is 0 Å². The summed E-state index contributed by atoms with van der Waals surface area (Å²) < 4.78 is 0. The number of aromatic nitrogens is 2. The largest absolute Gasteiger partial charge is 0.353 e. The van der Waals surface area contributed by atoms with E-state index in [1.165, 1.54) is 49.2 Å². The number of nitrogens with zero attached hydrogens (tertiary/aromatic N) is 3. The zero-order valence-corrected chi connectivity index (χ0v) is 11.6. The topological polar surface area (TPSA) is 55.0 Å². The fourth-order valence-corrected chi connectivity index (χ4v) is 3.52. The summed E-state index contributed by atoms with van der Waals surface area (Å²) in [6.45, 7) is 1.91. The normalized spacial score (nSPS) is 23.2. The molecular formula is C15H24N4. The monoisotopic (exact) mass is 260 g/mol. The summed E-state index contributed by atoms with van der Waals surface area (Å²) in [5, 5.41) is 0. The van der Waals surface area contributed by atoms with Gasteiger partial charge in [0.1, 0.15) is 12.1 Å². The molecule has 1 aromatic rings. The Balaban J connectivity index is 1.91. The molecule has 2 aliphatic rings. The van der Waals surface area contributed by atoms with Crippen LogP contribution in [0.25, 0.3) is 0 Å². The van der Waals surface area contributed by atoms with Gasteiger partial charge in [-0.1, -0.05) is 0 Å². The lowest BCUT2D eigenvalue weighted by atomic mass is 9.94. The van der Waals surface area contributed by atoms with Crippen molar-refractivity contribution in [3.63, 3.8) is 0 Å². The van der Waals surface area contributed by atoms with Crippen LogP contribution in [0.3, 0.4) is 0 Å². The van der Waals surface area contributed by atoms with Crippen LogP contribution in [0.1, 0.15) is 49.8 Å². The van der Waals surface area contributed by atoms with Gasteiger partial charge < -0.3 is 10.6 Å². The molecular weight excluding hydrogens is 236 g/mol. The molecule has 0 aromatic carbocycles. The van der Waals surface area contributed by atoms with Gasteiger partial charge in [-0.3, -0.25) is 0 Å². The number of piperidine rings is 1. The molecule has 1 fully saturated rings. The summed E-state index contributed by atoms with van der Waals surface area (Å²) in [5.74, 6) is 1.21. The second kappa shape index (κ2) is 5.87. The highest BCUT2D eigenvalue weighted by Crippen LogP contribution is 2.31. The van der Waals surface area contributed by atoms with Crippen LogP contribution in [0, 0.1) is 0 Å². The van der Waals surface area contributed by atoms with E-state index in [1.807, 2.05) is 0 Å².